The molecule has 2 aromatic rings. The molecule has 0 saturated heterocycles. The van der Waals surface area contributed by atoms with Gasteiger partial charge < -0.3 is 10.1 Å². The number of hydrogen-bond donors (Lipinski definition) is 1. The standard InChI is InChI=1S/C10H14N6OS2/c1-4-5-11-7-12-8(17-3)14-9(13-7)19-10-16-15-6(2)18-10/h4-5H2,1-3H3,(H,11,12,13,14). The number of hydrogen-bond acceptors (Lipinski definition) is 9. The third-order valence-corrected chi connectivity index (χ3v) is 3.75. The van der Waals surface area contributed by atoms with Crippen molar-refractivity contribution in [2.45, 2.75) is 29.8 Å². The van der Waals surface area contributed by atoms with Crippen molar-refractivity contribution in [2.24, 2.45) is 0 Å². The molecule has 0 aromatic carbocycles. The molecule has 0 bridgehead atoms. The first kappa shape index (κ1) is 13.9. The molecule has 9 heteroatoms. The molecule has 0 unspecified atom stereocenters. The molecule has 102 valence electrons. The van der Waals surface area contributed by atoms with Gasteiger partial charge in [-0.15, -0.1) is 10.2 Å². The van der Waals surface area contributed by atoms with E-state index < -0.39 is 0 Å². The molecule has 0 aliphatic rings. The van der Waals surface area contributed by atoms with E-state index in [9.17, 15) is 0 Å². The Hall–Kier alpha value is -1.48. The normalized spacial score (nSPS) is 10.5. The van der Waals surface area contributed by atoms with Gasteiger partial charge in [0.2, 0.25) is 11.1 Å². The quantitative estimate of drug-likeness (QED) is 0.866. The van der Waals surface area contributed by atoms with Crippen molar-refractivity contribution >= 4 is 29.0 Å². The van der Waals surface area contributed by atoms with Crippen LogP contribution < -0.4 is 10.1 Å². The van der Waals surface area contributed by atoms with Crippen molar-refractivity contribution in [3.63, 3.8) is 0 Å². The van der Waals surface area contributed by atoms with E-state index in [1.54, 1.807) is 0 Å². The molecule has 2 heterocycles. The molecule has 2 aromatic heterocycles. The SMILES string of the molecule is CCCNc1nc(OC)nc(Sc2nnc(C)s2)n1. The highest BCUT2D eigenvalue weighted by Gasteiger charge is 2.10. The van der Waals surface area contributed by atoms with Gasteiger partial charge in [-0.3, -0.25) is 0 Å². The van der Waals surface area contributed by atoms with Crippen LogP contribution in [0.15, 0.2) is 9.50 Å². The second-order valence-corrected chi connectivity index (χ2v) is 5.94. The van der Waals surface area contributed by atoms with Crippen LogP contribution in [0.25, 0.3) is 0 Å². The summed E-state index contributed by atoms with van der Waals surface area (Å²) >= 11 is 2.85. The van der Waals surface area contributed by atoms with E-state index in [1.807, 2.05) is 6.92 Å². The van der Waals surface area contributed by atoms with Crippen LogP contribution in [-0.2, 0) is 0 Å². The van der Waals surface area contributed by atoms with E-state index >= 15 is 0 Å². The van der Waals surface area contributed by atoms with Gasteiger partial charge in [0.25, 0.3) is 0 Å². The van der Waals surface area contributed by atoms with Crippen LogP contribution in [0.2, 0.25) is 0 Å². The third-order valence-electron chi connectivity index (χ3n) is 2.00. The predicted octanol–water partition coefficient (Wildman–Crippen LogP) is 2.01. The average Bonchev–Trinajstić information content (AvgIpc) is 2.81. The van der Waals surface area contributed by atoms with Gasteiger partial charge in [-0.25, -0.2) is 0 Å². The number of anilines is 1. The zero-order valence-electron chi connectivity index (χ0n) is 10.9. The molecular weight excluding hydrogens is 284 g/mol. The van der Waals surface area contributed by atoms with E-state index in [1.165, 1.54) is 30.2 Å². The van der Waals surface area contributed by atoms with Gasteiger partial charge in [-0.1, -0.05) is 18.3 Å². The van der Waals surface area contributed by atoms with Gasteiger partial charge in [0.05, 0.1) is 7.11 Å². The van der Waals surface area contributed by atoms with Crippen molar-refractivity contribution in [1.82, 2.24) is 25.1 Å². The predicted molar refractivity (Wildman–Crippen MR) is 73.9 cm³/mol. The average molecular weight is 298 g/mol. The molecule has 19 heavy (non-hydrogen) atoms. The highest BCUT2D eigenvalue weighted by molar-refractivity contribution is 8.00. The van der Waals surface area contributed by atoms with Gasteiger partial charge in [-0.05, 0) is 25.1 Å². The first-order valence-corrected chi connectivity index (χ1v) is 7.36. The lowest BCUT2D eigenvalue weighted by molar-refractivity contribution is 0.373. The molecule has 7 nitrogen and oxygen atoms in total. The summed E-state index contributed by atoms with van der Waals surface area (Å²) in [5, 5.41) is 12.6. The van der Waals surface area contributed by atoms with Crippen molar-refractivity contribution in [2.75, 3.05) is 19.0 Å². The Labute approximate surface area is 119 Å². The molecule has 0 atom stereocenters. The summed E-state index contributed by atoms with van der Waals surface area (Å²) in [4.78, 5) is 12.6. The second-order valence-electron chi connectivity index (χ2n) is 3.54. The molecule has 0 aliphatic heterocycles. The highest BCUT2D eigenvalue weighted by Crippen LogP contribution is 2.28. The first-order valence-electron chi connectivity index (χ1n) is 5.73. The number of aryl methyl sites for hydroxylation is 1. The molecule has 0 saturated carbocycles. The summed E-state index contributed by atoms with van der Waals surface area (Å²) in [6.45, 7) is 4.78. The number of nitrogens with one attached hydrogen (secondary N) is 1. The van der Waals surface area contributed by atoms with Crippen molar-refractivity contribution in [3.8, 4) is 6.01 Å². The lowest BCUT2D eigenvalue weighted by atomic mass is 10.5. The van der Waals surface area contributed by atoms with Gasteiger partial charge in [0.15, 0.2) is 4.34 Å². The van der Waals surface area contributed by atoms with Gasteiger partial charge in [0, 0.05) is 6.54 Å². The molecule has 0 aliphatic carbocycles. The van der Waals surface area contributed by atoms with Crippen LogP contribution >= 0.6 is 23.1 Å². The van der Waals surface area contributed by atoms with Crippen LogP contribution in [0, 0.1) is 6.92 Å². The van der Waals surface area contributed by atoms with E-state index in [0.717, 1.165) is 22.3 Å². The number of rotatable bonds is 6. The van der Waals surface area contributed by atoms with Crippen LogP contribution in [-0.4, -0.2) is 38.8 Å². The Morgan fingerprint density at radius 2 is 2.11 bits per heavy atom. The smallest absolute Gasteiger partial charge is 0.321 e. The fraction of sp³-hybridized carbons (Fsp3) is 0.500. The van der Waals surface area contributed by atoms with E-state index in [0.29, 0.717) is 11.1 Å². The molecule has 0 spiro atoms. The Kier molecular flexibility index (Phi) is 4.86. The van der Waals surface area contributed by atoms with Crippen LogP contribution in [0.5, 0.6) is 6.01 Å². The minimum Gasteiger partial charge on any atom is -0.467 e. The Morgan fingerprint density at radius 1 is 1.26 bits per heavy atom. The molecular formula is C10H14N6OS2. The lowest BCUT2D eigenvalue weighted by Gasteiger charge is -2.05. The van der Waals surface area contributed by atoms with Crippen LogP contribution in [0.3, 0.4) is 0 Å². The largest absolute Gasteiger partial charge is 0.467 e. The summed E-state index contributed by atoms with van der Waals surface area (Å²) in [6.07, 6.45) is 0.992. The Bertz CT molecular complexity index is 547. The summed E-state index contributed by atoms with van der Waals surface area (Å²) in [6, 6.07) is 0.289. The van der Waals surface area contributed by atoms with E-state index in [4.69, 9.17) is 4.74 Å². The maximum absolute atomic E-state index is 5.07. The van der Waals surface area contributed by atoms with E-state index in [2.05, 4.69) is 37.4 Å². The summed E-state index contributed by atoms with van der Waals surface area (Å²) in [7, 11) is 1.53. The van der Waals surface area contributed by atoms with Crippen LogP contribution in [0.1, 0.15) is 18.4 Å². The zero-order valence-corrected chi connectivity index (χ0v) is 12.5. The van der Waals surface area contributed by atoms with Gasteiger partial charge in [-0.2, -0.15) is 15.0 Å². The molecule has 2 rings (SSSR count). The minimum atomic E-state index is 0.289. The number of methoxy groups -OCH3 is 1. The fourth-order valence-corrected chi connectivity index (χ4v) is 2.85. The minimum absolute atomic E-state index is 0.289. The van der Waals surface area contributed by atoms with Crippen LogP contribution in [0.4, 0.5) is 5.95 Å². The summed E-state index contributed by atoms with van der Waals surface area (Å²) in [5.41, 5.74) is 0. The Balaban J connectivity index is 2.18. The maximum atomic E-state index is 5.07. The van der Waals surface area contributed by atoms with Crippen molar-refractivity contribution in [1.29, 1.82) is 0 Å². The monoisotopic (exact) mass is 298 g/mol. The number of ether oxygens (including phenoxy) is 1. The van der Waals surface area contributed by atoms with Crippen molar-refractivity contribution in [3.05, 3.63) is 5.01 Å². The number of nitrogens with zero attached hydrogens (tertiary/aromatic N) is 5. The molecule has 0 radical (unpaired) electrons. The fourth-order valence-electron chi connectivity index (χ4n) is 1.19. The topological polar surface area (TPSA) is 85.7 Å². The first-order chi connectivity index (χ1) is 9.21. The molecule has 0 amide bonds. The molecule has 1 N–H and O–H groups in total. The highest BCUT2D eigenvalue weighted by atomic mass is 32.2. The Morgan fingerprint density at radius 3 is 2.74 bits per heavy atom. The summed E-state index contributed by atoms with van der Waals surface area (Å²) < 4.78 is 5.87. The number of aromatic nitrogens is 5. The van der Waals surface area contributed by atoms with Gasteiger partial charge in [0.1, 0.15) is 5.01 Å². The molecule has 0 fully saturated rings. The van der Waals surface area contributed by atoms with Gasteiger partial charge >= 0.3 is 6.01 Å². The van der Waals surface area contributed by atoms with E-state index in [-0.39, 0.29) is 6.01 Å². The second kappa shape index (κ2) is 6.62. The maximum Gasteiger partial charge on any atom is 0.321 e. The van der Waals surface area contributed by atoms with Crippen molar-refractivity contribution < 1.29 is 4.74 Å². The third kappa shape index (κ3) is 4.00. The lowest BCUT2D eigenvalue weighted by Crippen LogP contribution is -2.07. The zero-order chi connectivity index (χ0) is 13.7. The summed E-state index contributed by atoms with van der Waals surface area (Å²) in [5.74, 6) is 0.512.